The van der Waals surface area contributed by atoms with Gasteiger partial charge in [0.25, 0.3) is 0 Å². The van der Waals surface area contributed by atoms with Gasteiger partial charge >= 0.3 is 0 Å². The summed E-state index contributed by atoms with van der Waals surface area (Å²) in [6.45, 7) is 5.42. The number of nitrogens with zero attached hydrogens (tertiary/aromatic N) is 1. The lowest BCUT2D eigenvalue weighted by Crippen LogP contribution is -2.42. The molecule has 90 valence electrons. The van der Waals surface area contributed by atoms with Gasteiger partial charge in [-0.25, -0.2) is 0 Å². The summed E-state index contributed by atoms with van der Waals surface area (Å²) in [7, 11) is 0. The van der Waals surface area contributed by atoms with Crippen LogP contribution < -0.4 is 5.32 Å². The number of carbonyl (C=O) groups is 1. The van der Waals surface area contributed by atoms with Crippen LogP contribution in [0.3, 0.4) is 0 Å². The fourth-order valence-electron chi connectivity index (χ4n) is 1.45. The van der Waals surface area contributed by atoms with E-state index < -0.39 is 5.54 Å². The van der Waals surface area contributed by atoms with Crippen LogP contribution in [-0.4, -0.2) is 11.4 Å². The van der Waals surface area contributed by atoms with E-state index in [2.05, 4.69) is 5.32 Å². The molecule has 1 aromatic rings. The third-order valence-corrected chi connectivity index (χ3v) is 2.49. The summed E-state index contributed by atoms with van der Waals surface area (Å²) in [6.07, 6.45) is 1.11. The highest BCUT2D eigenvalue weighted by Crippen LogP contribution is 2.07. The molecule has 3 heteroatoms. The second-order valence-corrected chi connectivity index (χ2v) is 4.77. The molecule has 0 saturated carbocycles. The van der Waals surface area contributed by atoms with Gasteiger partial charge in [-0.15, -0.1) is 0 Å². The molecule has 1 rings (SSSR count). The highest BCUT2D eigenvalue weighted by Gasteiger charge is 2.18. The van der Waals surface area contributed by atoms with Crippen molar-refractivity contribution in [3.05, 3.63) is 35.4 Å². The Morgan fingerprint density at radius 2 is 1.94 bits per heavy atom. The molecule has 0 heterocycles. The molecular formula is C14H18N2O. The number of hydrogen-bond acceptors (Lipinski definition) is 2. The highest BCUT2D eigenvalue weighted by molar-refractivity contribution is 5.77. The van der Waals surface area contributed by atoms with Crippen LogP contribution in [-0.2, 0) is 11.2 Å². The molecule has 0 aliphatic rings. The number of nitrogens with one attached hydrogen (secondary N) is 1. The second kappa shape index (κ2) is 5.49. The Labute approximate surface area is 102 Å². The number of hydrogen-bond donors (Lipinski definition) is 1. The molecule has 3 nitrogen and oxygen atoms in total. The van der Waals surface area contributed by atoms with Crippen molar-refractivity contribution in [1.82, 2.24) is 5.32 Å². The maximum Gasteiger partial charge on any atom is 0.221 e. The van der Waals surface area contributed by atoms with E-state index in [0.717, 1.165) is 5.56 Å². The third kappa shape index (κ3) is 4.69. The molecule has 0 bridgehead atoms. The zero-order valence-corrected chi connectivity index (χ0v) is 10.6. The van der Waals surface area contributed by atoms with Gasteiger partial charge in [-0.1, -0.05) is 29.8 Å². The summed E-state index contributed by atoms with van der Waals surface area (Å²) in [6, 6.07) is 10.2. The summed E-state index contributed by atoms with van der Waals surface area (Å²) in [4.78, 5) is 11.6. The van der Waals surface area contributed by atoms with Gasteiger partial charge in [0.15, 0.2) is 0 Å². The monoisotopic (exact) mass is 230 g/mol. The van der Waals surface area contributed by atoms with Crippen molar-refractivity contribution >= 4 is 5.91 Å². The van der Waals surface area contributed by atoms with Gasteiger partial charge < -0.3 is 5.32 Å². The quantitative estimate of drug-likeness (QED) is 0.863. The van der Waals surface area contributed by atoms with E-state index in [1.54, 1.807) is 13.8 Å². The number of carbonyl (C=O) groups excluding carboxylic acids is 1. The summed E-state index contributed by atoms with van der Waals surface area (Å²) < 4.78 is 0. The number of rotatable bonds is 4. The van der Waals surface area contributed by atoms with Crippen LogP contribution in [0.5, 0.6) is 0 Å². The van der Waals surface area contributed by atoms with Crippen LogP contribution in [0.1, 0.15) is 31.4 Å². The van der Waals surface area contributed by atoms with E-state index in [1.165, 1.54) is 5.56 Å². The van der Waals surface area contributed by atoms with E-state index >= 15 is 0 Å². The summed E-state index contributed by atoms with van der Waals surface area (Å²) in [5, 5.41) is 11.5. The van der Waals surface area contributed by atoms with Gasteiger partial charge in [-0.05, 0) is 32.8 Å². The van der Waals surface area contributed by atoms with Gasteiger partial charge in [0.1, 0.15) is 5.54 Å². The van der Waals surface area contributed by atoms with Crippen LogP contribution >= 0.6 is 0 Å². The SMILES string of the molecule is Cc1ccc(CCC(=O)NC(C)(C)C#N)cc1. The molecule has 0 fully saturated rings. The van der Waals surface area contributed by atoms with Crippen molar-refractivity contribution in [2.75, 3.05) is 0 Å². The maximum absolute atomic E-state index is 11.6. The molecular weight excluding hydrogens is 212 g/mol. The average molecular weight is 230 g/mol. The Kier molecular flexibility index (Phi) is 4.28. The Morgan fingerprint density at radius 3 is 2.47 bits per heavy atom. The molecule has 0 aromatic heterocycles. The predicted octanol–water partition coefficient (Wildman–Crippen LogP) is 2.35. The minimum absolute atomic E-state index is 0.0860. The van der Waals surface area contributed by atoms with E-state index in [-0.39, 0.29) is 5.91 Å². The summed E-state index contributed by atoms with van der Waals surface area (Å²) >= 11 is 0. The van der Waals surface area contributed by atoms with Crippen molar-refractivity contribution < 1.29 is 4.79 Å². The molecule has 0 aliphatic carbocycles. The fraction of sp³-hybridized carbons (Fsp3) is 0.429. The van der Waals surface area contributed by atoms with Gasteiger partial charge in [0.05, 0.1) is 6.07 Å². The average Bonchev–Trinajstić information content (AvgIpc) is 2.28. The standard InChI is InChI=1S/C14H18N2O/c1-11-4-6-12(7-5-11)8-9-13(17)16-14(2,3)10-15/h4-7H,8-9H2,1-3H3,(H,16,17). The van der Waals surface area contributed by atoms with Gasteiger partial charge in [0.2, 0.25) is 5.91 Å². The van der Waals surface area contributed by atoms with Crippen molar-refractivity contribution in [3.63, 3.8) is 0 Å². The van der Waals surface area contributed by atoms with Crippen LogP contribution in [0.15, 0.2) is 24.3 Å². The predicted molar refractivity (Wildman–Crippen MR) is 67.3 cm³/mol. The molecule has 1 N–H and O–H groups in total. The van der Waals surface area contributed by atoms with Crippen LogP contribution in [0.2, 0.25) is 0 Å². The van der Waals surface area contributed by atoms with Gasteiger partial charge in [-0.2, -0.15) is 5.26 Å². The normalized spacial score (nSPS) is 10.7. The topological polar surface area (TPSA) is 52.9 Å². The van der Waals surface area contributed by atoms with Crippen molar-refractivity contribution in [2.24, 2.45) is 0 Å². The molecule has 0 aliphatic heterocycles. The molecule has 0 unspecified atom stereocenters. The molecule has 1 amide bonds. The molecule has 0 atom stereocenters. The first kappa shape index (κ1) is 13.2. The highest BCUT2D eigenvalue weighted by atomic mass is 16.1. The Hall–Kier alpha value is -1.82. The van der Waals surface area contributed by atoms with Gasteiger partial charge in [0, 0.05) is 6.42 Å². The zero-order valence-electron chi connectivity index (χ0n) is 10.6. The lowest BCUT2D eigenvalue weighted by Gasteiger charge is -2.17. The third-order valence-electron chi connectivity index (χ3n) is 2.49. The Morgan fingerprint density at radius 1 is 1.35 bits per heavy atom. The zero-order chi connectivity index (χ0) is 12.9. The lowest BCUT2D eigenvalue weighted by atomic mass is 10.1. The number of nitriles is 1. The second-order valence-electron chi connectivity index (χ2n) is 4.77. The largest absolute Gasteiger partial charge is 0.338 e. The first-order valence-corrected chi connectivity index (χ1v) is 5.71. The number of amides is 1. The lowest BCUT2D eigenvalue weighted by molar-refractivity contribution is -0.122. The molecule has 0 saturated heterocycles. The smallest absolute Gasteiger partial charge is 0.221 e. The van der Waals surface area contributed by atoms with E-state index in [4.69, 9.17) is 5.26 Å². The van der Waals surface area contributed by atoms with Crippen molar-refractivity contribution in [2.45, 2.75) is 39.2 Å². The molecule has 17 heavy (non-hydrogen) atoms. The summed E-state index contributed by atoms with van der Waals surface area (Å²) in [5.41, 5.74) is 1.56. The van der Waals surface area contributed by atoms with E-state index in [9.17, 15) is 4.79 Å². The minimum Gasteiger partial charge on any atom is -0.338 e. The fourth-order valence-corrected chi connectivity index (χ4v) is 1.45. The van der Waals surface area contributed by atoms with E-state index in [0.29, 0.717) is 12.8 Å². The first-order valence-electron chi connectivity index (χ1n) is 5.71. The van der Waals surface area contributed by atoms with Crippen molar-refractivity contribution in [1.29, 1.82) is 5.26 Å². The Bertz CT molecular complexity index is 427. The maximum atomic E-state index is 11.6. The van der Waals surface area contributed by atoms with Crippen molar-refractivity contribution in [3.8, 4) is 6.07 Å². The number of aryl methyl sites for hydroxylation is 2. The number of benzene rings is 1. The Balaban J connectivity index is 2.44. The minimum atomic E-state index is -0.787. The van der Waals surface area contributed by atoms with E-state index in [1.807, 2.05) is 37.3 Å². The molecule has 1 aromatic carbocycles. The molecule has 0 radical (unpaired) electrons. The molecule has 0 spiro atoms. The van der Waals surface area contributed by atoms with Crippen LogP contribution in [0, 0.1) is 18.3 Å². The summed E-state index contributed by atoms with van der Waals surface area (Å²) in [5.74, 6) is -0.0860. The van der Waals surface area contributed by atoms with Crippen LogP contribution in [0.4, 0.5) is 0 Å². The van der Waals surface area contributed by atoms with Crippen LogP contribution in [0.25, 0.3) is 0 Å². The van der Waals surface area contributed by atoms with Gasteiger partial charge in [-0.3, -0.25) is 4.79 Å². The first-order chi connectivity index (χ1) is 7.93.